The predicted molar refractivity (Wildman–Crippen MR) is 123 cm³/mol. The molecule has 1 amide bonds. The molecule has 8 heteroatoms. The van der Waals surface area contributed by atoms with E-state index in [1.807, 2.05) is 24.3 Å². The lowest BCUT2D eigenvalue weighted by molar-refractivity contribution is 0.102. The highest BCUT2D eigenvalue weighted by molar-refractivity contribution is 7.89. The number of amides is 1. The Bertz CT molecular complexity index is 1320. The molecule has 0 saturated carbocycles. The van der Waals surface area contributed by atoms with Crippen LogP contribution in [0.25, 0.3) is 0 Å². The lowest BCUT2D eigenvalue weighted by Gasteiger charge is -2.28. The maximum Gasteiger partial charge on any atom is 0.257 e. The first kappa shape index (κ1) is 22.0. The van der Waals surface area contributed by atoms with Crippen molar-refractivity contribution in [3.63, 3.8) is 0 Å². The minimum Gasteiger partial charge on any atom is -0.322 e. The second kappa shape index (κ2) is 9.13. The van der Waals surface area contributed by atoms with Gasteiger partial charge in [0, 0.05) is 18.8 Å². The molecule has 0 unspecified atom stereocenters. The predicted octanol–water partition coefficient (Wildman–Crippen LogP) is 4.41. The number of benzene rings is 3. The van der Waals surface area contributed by atoms with E-state index in [2.05, 4.69) is 11.4 Å². The summed E-state index contributed by atoms with van der Waals surface area (Å²) in [6, 6.07) is 20.9. The van der Waals surface area contributed by atoms with Gasteiger partial charge in [-0.1, -0.05) is 48.0 Å². The largest absolute Gasteiger partial charge is 0.322 e. The van der Waals surface area contributed by atoms with E-state index in [4.69, 9.17) is 16.9 Å². The molecule has 6 nitrogen and oxygen atoms in total. The fourth-order valence-corrected chi connectivity index (χ4v) is 5.31. The van der Waals surface area contributed by atoms with Gasteiger partial charge in [0.05, 0.1) is 28.0 Å². The third-order valence-corrected chi connectivity index (χ3v) is 7.58. The summed E-state index contributed by atoms with van der Waals surface area (Å²) < 4.78 is 28.0. The summed E-state index contributed by atoms with van der Waals surface area (Å²) in [5.74, 6) is -0.510. The number of halogens is 1. The molecule has 1 aliphatic rings. The third kappa shape index (κ3) is 4.53. The molecule has 3 aromatic carbocycles. The molecule has 0 saturated heterocycles. The van der Waals surface area contributed by atoms with Crippen LogP contribution in [0, 0.1) is 11.3 Å². The minimum absolute atomic E-state index is 0.0239. The van der Waals surface area contributed by atoms with E-state index in [1.54, 1.807) is 24.3 Å². The van der Waals surface area contributed by atoms with Gasteiger partial charge in [0.15, 0.2) is 0 Å². The number of carbonyl (C=O) groups excluding carboxylic acids is 1. The Morgan fingerprint density at radius 3 is 2.50 bits per heavy atom. The zero-order valence-corrected chi connectivity index (χ0v) is 18.7. The number of nitrogens with one attached hydrogen (secondary N) is 1. The standard InChI is InChI=1S/C24H20ClN3O3S/c25-23-10-9-21(32(30,31)28-14-12-18-3-1-2-4-19(18)16-28)15-22(23)24(29)27-20-7-5-17(6-8-20)11-13-26/h1-10,15H,11-12,14,16H2,(H,27,29). The number of nitriles is 1. The van der Waals surface area contributed by atoms with E-state index < -0.39 is 15.9 Å². The van der Waals surface area contributed by atoms with Crippen LogP contribution in [0.1, 0.15) is 27.0 Å². The number of fused-ring (bicyclic) bond motifs is 1. The highest BCUT2D eigenvalue weighted by Crippen LogP contribution is 2.28. The smallest absolute Gasteiger partial charge is 0.257 e. The summed E-state index contributed by atoms with van der Waals surface area (Å²) in [4.78, 5) is 12.8. The van der Waals surface area contributed by atoms with Crippen molar-refractivity contribution in [3.8, 4) is 6.07 Å². The zero-order valence-electron chi connectivity index (χ0n) is 17.1. The normalized spacial score (nSPS) is 13.8. The summed E-state index contributed by atoms with van der Waals surface area (Å²) in [6.07, 6.45) is 0.916. The Hall–Kier alpha value is -3.18. The molecule has 0 aliphatic carbocycles. The van der Waals surface area contributed by atoms with Crippen LogP contribution in [-0.4, -0.2) is 25.2 Å². The van der Waals surface area contributed by atoms with Gasteiger partial charge in [0.25, 0.3) is 5.91 Å². The van der Waals surface area contributed by atoms with Crippen molar-refractivity contribution in [3.05, 3.63) is 94.0 Å². The van der Waals surface area contributed by atoms with Crippen LogP contribution in [0.15, 0.2) is 71.6 Å². The SMILES string of the molecule is N#CCc1ccc(NC(=O)c2cc(S(=O)(=O)N3CCc4ccccc4C3)ccc2Cl)cc1. The molecule has 0 radical (unpaired) electrons. The molecule has 1 N–H and O–H groups in total. The number of hydrogen-bond donors (Lipinski definition) is 1. The minimum atomic E-state index is -3.80. The monoisotopic (exact) mass is 465 g/mol. The lowest BCUT2D eigenvalue weighted by Crippen LogP contribution is -2.36. The first-order valence-electron chi connectivity index (χ1n) is 10.0. The molecule has 1 aliphatic heterocycles. The van der Waals surface area contributed by atoms with Crippen molar-refractivity contribution in [2.45, 2.75) is 24.3 Å². The molecule has 0 fully saturated rings. The van der Waals surface area contributed by atoms with Crippen LogP contribution in [0.4, 0.5) is 5.69 Å². The molecule has 0 spiro atoms. The first-order valence-corrected chi connectivity index (χ1v) is 11.8. The molecule has 0 atom stereocenters. The molecule has 0 bridgehead atoms. The highest BCUT2D eigenvalue weighted by Gasteiger charge is 2.29. The Balaban J connectivity index is 1.57. The Morgan fingerprint density at radius 2 is 1.78 bits per heavy atom. The van der Waals surface area contributed by atoms with E-state index >= 15 is 0 Å². The maximum atomic E-state index is 13.3. The Labute approximate surface area is 192 Å². The van der Waals surface area contributed by atoms with Gasteiger partial charge in [-0.2, -0.15) is 9.57 Å². The van der Waals surface area contributed by atoms with Gasteiger partial charge in [-0.05, 0) is 53.4 Å². The van der Waals surface area contributed by atoms with Crippen molar-refractivity contribution in [1.82, 2.24) is 4.31 Å². The number of rotatable bonds is 5. The Morgan fingerprint density at radius 1 is 1.06 bits per heavy atom. The fraction of sp³-hybridized carbons (Fsp3) is 0.167. The highest BCUT2D eigenvalue weighted by atomic mass is 35.5. The van der Waals surface area contributed by atoms with Crippen molar-refractivity contribution in [2.75, 3.05) is 11.9 Å². The van der Waals surface area contributed by atoms with E-state index in [1.165, 1.54) is 22.5 Å². The number of sulfonamides is 1. The molecular weight excluding hydrogens is 446 g/mol. The van der Waals surface area contributed by atoms with Gasteiger partial charge in [-0.3, -0.25) is 4.79 Å². The van der Waals surface area contributed by atoms with Crippen LogP contribution in [0.2, 0.25) is 5.02 Å². The summed E-state index contributed by atoms with van der Waals surface area (Å²) in [5, 5.41) is 11.6. The molecule has 32 heavy (non-hydrogen) atoms. The van der Waals surface area contributed by atoms with Gasteiger partial charge < -0.3 is 5.32 Å². The third-order valence-electron chi connectivity index (χ3n) is 5.41. The molecule has 4 rings (SSSR count). The second-order valence-corrected chi connectivity index (χ2v) is 9.83. The Kier molecular flexibility index (Phi) is 6.28. The van der Waals surface area contributed by atoms with E-state index in [0.717, 1.165) is 16.7 Å². The average Bonchev–Trinajstić information content (AvgIpc) is 2.80. The molecule has 162 valence electrons. The topological polar surface area (TPSA) is 90.3 Å². The maximum absolute atomic E-state index is 13.3. The second-order valence-electron chi connectivity index (χ2n) is 7.48. The molecule has 1 heterocycles. The number of carbonyl (C=O) groups is 1. The summed E-state index contributed by atoms with van der Waals surface area (Å²) in [7, 11) is -3.80. The molecule has 3 aromatic rings. The molecule has 0 aromatic heterocycles. The van der Waals surface area contributed by atoms with E-state index in [0.29, 0.717) is 18.7 Å². The van der Waals surface area contributed by atoms with Gasteiger partial charge in [-0.15, -0.1) is 0 Å². The fourth-order valence-electron chi connectivity index (χ4n) is 3.66. The van der Waals surface area contributed by atoms with Crippen LogP contribution in [0.5, 0.6) is 0 Å². The number of hydrogen-bond acceptors (Lipinski definition) is 4. The van der Waals surface area contributed by atoms with Gasteiger partial charge in [0.1, 0.15) is 0 Å². The quantitative estimate of drug-likeness (QED) is 0.604. The molecular formula is C24H20ClN3O3S. The summed E-state index contributed by atoms with van der Waals surface area (Å²) in [5.41, 5.74) is 3.56. The van der Waals surface area contributed by atoms with Crippen molar-refractivity contribution in [2.24, 2.45) is 0 Å². The van der Waals surface area contributed by atoms with Crippen LogP contribution in [-0.2, 0) is 29.4 Å². The number of anilines is 1. The zero-order chi connectivity index (χ0) is 22.7. The average molecular weight is 466 g/mol. The van der Waals surface area contributed by atoms with Crippen LogP contribution in [0.3, 0.4) is 0 Å². The van der Waals surface area contributed by atoms with Gasteiger partial charge in [-0.25, -0.2) is 8.42 Å². The summed E-state index contributed by atoms with van der Waals surface area (Å²) in [6.45, 7) is 0.663. The van der Waals surface area contributed by atoms with E-state index in [-0.39, 0.29) is 28.4 Å². The number of nitrogens with zero attached hydrogens (tertiary/aromatic N) is 2. The lowest BCUT2D eigenvalue weighted by atomic mass is 10.0. The van der Waals surface area contributed by atoms with Crippen LogP contribution >= 0.6 is 11.6 Å². The van der Waals surface area contributed by atoms with Gasteiger partial charge >= 0.3 is 0 Å². The first-order chi connectivity index (χ1) is 15.4. The van der Waals surface area contributed by atoms with E-state index in [9.17, 15) is 13.2 Å². The van der Waals surface area contributed by atoms with Crippen molar-refractivity contribution in [1.29, 1.82) is 5.26 Å². The van der Waals surface area contributed by atoms with Crippen LogP contribution < -0.4 is 5.32 Å². The van der Waals surface area contributed by atoms with Crippen molar-refractivity contribution >= 4 is 33.2 Å². The van der Waals surface area contributed by atoms with Gasteiger partial charge in [0.2, 0.25) is 10.0 Å². The summed E-state index contributed by atoms with van der Waals surface area (Å²) >= 11 is 6.22. The van der Waals surface area contributed by atoms with Crippen molar-refractivity contribution < 1.29 is 13.2 Å².